The molecule has 2 aromatic rings. The van der Waals surface area contributed by atoms with Crippen LogP contribution in [0.15, 0.2) is 41.5 Å². The van der Waals surface area contributed by atoms with E-state index < -0.39 is 0 Å². The van der Waals surface area contributed by atoms with Crippen molar-refractivity contribution in [1.82, 2.24) is 0 Å². The molecule has 0 aliphatic carbocycles. The summed E-state index contributed by atoms with van der Waals surface area (Å²) >= 11 is 0. The number of benzene rings is 2. The Labute approximate surface area is 81.6 Å². The quantitative estimate of drug-likeness (QED) is 0.363. The van der Waals surface area contributed by atoms with Gasteiger partial charge in [-0.05, 0) is 40.9 Å². The van der Waals surface area contributed by atoms with Crippen LogP contribution in [-0.4, -0.2) is 0 Å². The van der Waals surface area contributed by atoms with Crippen LogP contribution in [-0.2, 0) is 0 Å². The molecule has 0 bridgehead atoms. The van der Waals surface area contributed by atoms with Gasteiger partial charge in [0.05, 0.1) is 0 Å². The van der Waals surface area contributed by atoms with Gasteiger partial charge in [0.15, 0.2) is 0 Å². The smallest absolute Gasteiger partial charge is 0.0384 e. The highest BCUT2D eigenvalue weighted by Gasteiger charge is 1.97. The molecule has 0 atom stereocenters. The molecular weight excluding hydrogens is 174 g/mol. The second kappa shape index (κ2) is 3.40. The van der Waals surface area contributed by atoms with E-state index in [-0.39, 0.29) is 0 Å². The van der Waals surface area contributed by atoms with E-state index in [1.807, 2.05) is 37.3 Å². The second-order valence-electron chi connectivity index (χ2n) is 3.17. The summed E-state index contributed by atoms with van der Waals surface area (Å²) in [6.45, 7) is 2.01. The van der Waals surface area contributed by atoms with E-state index in [2.05, 4.69) is 16.1 Å². The maximum atomic E-state index is 8.34. The molecule has 0 heterocycles. The van der Waals surface area contributed by atoms with Crippen molar-refractivity contribution in [3.63, 3.8) is 0 Å². The van der Waals surface area contributed by atoms with Crippen LogP contribution in [0.25, 0.3) is 21.2 Å². The van der Waals surface area contributed by atoms with E-state index in [9.17, 15) is 0 Å². The molecule has 0 saturated carbocycles. The summed E-state index contributed by atoms with van der Waals surface area (Å²) in [6.07, 6.45) is 0. The number of nitrogens with zero attached hydrogens (tertiary/aromatic N) is 3. The monoisotopic (exact) mass is 183 g/mol. The number of hydrogen-bond donors (Lipinski definition) is 0. The van der Waals surface area contributed by atoms with Gasteiger partial charge in [0.25, 0.3) is 0 Å². The Bertz CT molecular complexity index is 525. The Kier molecular flexibility index (Phi) is 2.09. The fourth-order valence-corrected chi connectivity index (χ4v) is 1.59. The molecular formula is C11H9N3. The van der Waals surface area contributed by atoms with Crippen LogP contribution in [0.3, 0.4) is 0 Å². The molecule has 0 saturated heterocycles. The van der Waals surface area contributed by atoms with Gasteiger partial charge in [0.2, 0.25) is 0 Å². The van der Waals surface area contributed by atoms with Crippen LogP contribution in [0, 0.1) is 6.92 Å². The van der Waals surface area contributed by atoms with Crippen LogP contribution >= 0.6 is 0 Å². The second-order valence-corrected chi connectivity index (χ2v) is 3.17. The fraction of sp³-hybridized carbons (Fsp3) is 0.0909. The predicted molar refractivity (Wildman–Crippen MR) is 57.5 cm³/mol. The van der Waals surface area contributed by atoms with Crippen molar-refractivity contribution in [3.8, 4) is 0 Å². The van der Waals surface area contributed by atoms with Crippen LogP contribution in [0.4, 0.5) is 5.69 Å². The molecule has 0 radical (unpaired) electrons. The summed E-state index contributed by atoms with van der Waals surface area (Å²) < 4.78 is 0. The minimum Gasteiger partial charge on any atom is -0.0616 e. The fourth-order valence-electron chi connectivity index (χ4n) is 1.59. The summed E-state index contributed by atoms with van der Waals surface area (Å²) in [5.74, 6) is 0. The molecule has 0 aliphatic heterocycles. The van der Waals surface area contributed by atoms with E-state index in [1.165, 1.54) is 5.39 Å². The summed E-state index contributed by atoms with van der Waals surface area (Å²) in [5, 5.41) is 5.90. The first-order valence-electron chi connectivity index (χ1n) is 4.36. The molecule has 0 N–H and O–H groups in total. The van der Waals surface area contributed by atoms with Gasteiger partial charge in [-0.1, -0.05) is 29.4 Å². The van der Waals surface area contributed by atoms with E-state index in [0.717, 1.165) is 10.9 Å². The summed E-state index contributed by atoms with van der Waals surface area (Å²) in [5.41, 5.74) is 10.1. The van der Waals surface area contributed by atoms with Gasteiger partial charge in [-0.25, -0.2) is 0 Å². The Balaban J connectivity index is 2.78. The number of fused-ring (bicyclic) bond motifs is 1. The summed E-state index contributed by atoms with van der Waals surface area (Å²) in [4.78, 5) is 2.78. The molecule has 0 fully saturated rings. The molecule has 0 amide bonds. The Morgan fingerprint density at radius 2 is 2.00 bits per heavy atom. The van der Waals surface area contributed by atoms with Gasteiger partial charge in [-0.2, -0.15) is 0 Å². The maximum absolute atomic E-state index is 8.34. The Hall–Kier alpha value is -1.99. The minimum absolute atomic E-state index is 0.670. The molecule has 0 aromatic heterocycles. The SMILES string of the molecule is Cc1cc(N=[N+]=[N-])cc2ccccc12. The van der Waals surface area contributed by atoms with E-state index >= 15 is 0 Å². The highest BCUT2D eigenvalue weighted by atomic mass is 15.1. The van der Waals surface area contributed by atoms with Crippen LogP contribution in [0.1, 0.15) is 5.56 Å². The number of azide groups is 1. The zero-order valence-electron chi connectivity index (χ0n) is 7.81. The average Bonchev–Trinajstić information content (AvgIpc) is 2.18. The topological polar surface area (TPSA) is 48.8 Å². The van der Waals surface area contributed by atoms with Crippen molar-refractivity contribution in [2.45, 2.75) is 6.92 Å². The van der Waals surface area contributed by atoms with Crippen molar-refractivity contribution in [1.29, 1.82) is 0 Å². The molecule has 0 unspecified atom stereocenters. The van der Waals surface area contributed by atoms with Crippen molar-refractivity contribution < 1.29 is 0 Å². The summed E-state index contributed by atoms with van der Waals surface area (Å²) in [7, 11) is 0. The molecule has 14 heavy (non-hydrogen) atoms. The molecule has 3 nitrogen and oxygen atoms in total. The lowest BCUT2D eigenvalue weighted by Gasteiger charge is -2.02. The number of hydrogen-bond acceptors (Lipinski definition) is 1. The average molecular weight is 183 g/mol. The van der Waals surface area contributed by atoms with Gasteiger partial charge in [-0.15, -0.1) is 0 Å². The van der Waals surface area contributed by atoms with Gasteiger partial charge < -0.3 is 0 Å². The molecule has 2 aromatic carbocycles. The van der Waals surface area contributed by atoms with Crippen LogP contribution in [0.2, 0.25) is 0 Å². The highest BCUT2D eigenvalue weighted by molar-refractivity contribution is 5.88. The highest BCUT2D eigenvalue weighted by Crippen LogP contribution is 2.24. The molecule has 0 spiro atoms. The molecule has 0 aliphatic rings. The first kappa shape index (κ1) is 8.60. The van der Waals surface area contributed by atoms with Crippen LogP contribution < -0.4 is 0 Å². The van der Waals surface area contributed by atoms with Crippen molar-refractivity contribution >= 4 is 16.5 Å². The lowest BCUT2D eigenvalue weighted by atomic mass is 10.0. The standard InChI is InChI=1S/C11H9N3/c1-8-6-10(13-14-12)7-9-4-2-3-5-11(8)9/h2-7H,1H3. The van der Waals surface area contributed by atoms with Crippen LogP contribution in [0.5, 0.6) is 0 Å². The Morgan fingerprint density at radius 1 is 1.21 bits per heavy atom. The third-order valence-electron chi connectivity index (χ3n) is 2.21. The first-order chi connectivity index (χ1) is 6.81. The maximum Gasteiger partial charge on any atom is 0.0384 e. The summed E-state index contributed by atoms with van der Waals surface area (Å²) in [6, 6.07) is 11.8. The van der Waals surface area contributed by atoms with Crippen molar-refractivity contribution in [3.05, 3.63) is 52.4 Å². The number of rotatable bonds is 1. The van der Waals surface area contributed by atoms with Gasteiger partial charge in [0, 0.05) is 10.6 Å². The minimum atomic E-state index is 0.670. The van der Waals surface area contributed by atoms with Crippen molar-refractivity contribution in [2.75, 3.05) is 0 Å². The third-order valence-corrected chi connectivity index (χ3v) is 2.21. The molecule has 3 heteroatoms. The van der Waals surface area contributed by atoms with E-state index in [1.54, 1.807) is 0 Å². The van der Waals surface area contributed by atoms with Gasteiger partial charge in [-0.3, -0.25) is 0 Å². The number of aryl methyl sites for hydroxylation is 1. The van der Waals surface area contributed by atoms with E-state index in [4.69, 9.17) is 5.53 Å². The normalized spacial score (nSPS) is 9.79. The lowest BCUT2D eigenvalue weighted by Crippen LogP contribution is -1.77. The zero-order valence-corrected chi connectivity index (χ0v) is 7.81. The first-order valence-corrected chi connectivity index (χ1v) is 4.36. The van der Waals surface area contributed by atoms with Gasteiger partial charge >= 0.3 is 0 Å². The third kappa shape index (κ3) is 1.41. The molecule has 2 rings (SSSR count). The predicted octanol–water partition coefficient (Wildman–Crippen LogP) is 4.09. The largest absolute Gasteiger partial charge is 0.0616 e. The Morgan fingerprint density at radius 3 is 2.79 bits per heavy atom. The zero-order chi connectivity index (χ0) is 9.97. The van der Waals surface area contributed by atoms with Gasteiger partial charge in [0.1, 0.15) is 0 Å². The lowest BCUT2D eigenvalue weighted by molar-refractivity contribution is 1.44. The van der Waals surface area contributed by atoms with Crippen molar-refractivity contribution in [2.24, 2.45) is 5.11 Å². The van der Waals surface area contributed by atoms with E-state index in [0.29, 0.717) is 5.69 Å². The molecule has 68 valence electrons.